The lowest BCUT2D eigenvalue weighted by atomic mass is 10.3. The third-order valence-electron chi connectivity index (χ3n) is 3.19. The Hall–Kier alpha value is -1.10. The average Bonchev–Trinajstić information content (AvgIpc) is 2.87. The standard InChI is InChI=1S/C14H19BrN2O2/c1-11-4-5-13(16-9-11)19-12-6-8-17(10-12)14(18)3-2-7-15/h4-5,9,12H,2-3,6-8,10H2,1H3. The zero-order valence-electron chi connectivity index (χ0n) is 11.1. The number of aromatic nitrogens is 1. The van der Waals surface area contributed by atoms with E-state index in [2.05, 4.69) is 20.9 Å². The number of pyridine rings is 1. The summed E-state index contributed by atoms with van der Waals surface area (Å²) in [4.78, 5) is 18.0. The van der Waals surface area contributed by atoms with Crippen LogP contribution in [0.25, 0.3) is 0 Å². The van der Waals surface area contributed by atoms with Gasteiger partial charge in [-0.05, 0) is 18.9 Å². The maximum absolute atomic E-state index is 11.9. The van der Waals surface area contributed by atoms with Crippen LogP contribution in [0.4, 0.5) is 0 Å². The number of amides is 1. The van der Waals surface area contributed by atoms with E-state index >= 15 is 0 Å². The molecule has 1 aliphatic rings. The summed E-state index contributed by atoms with van der Waals surface area (Å²) >= 11 is 3.34. The molecule has 0 spiro atoms. The van der Waals surface area contributed by atoms with Crippen LogP contribution in [-0.4, -0.2) is 40.3 Å². The van der Waals surface area contributed by atoms with Crippen molar-refractivity contribution in [3.05, 3.63) is 23.9 Å². The van der Waals surface area contributed by atoms with Crippen LogP contribution in [0.15, 0.2) is 18.3 Å². The van der Waals surface area contributed by atoms with Crippen LogP contribution in [0.3, 0.4) is 0 Å². The normalized spacial score (nSPS) is 18.6. The fourth-order valence-corrected chi connectivity index (χ4v) is 2.40. The number of halogens is 1. The number of carbonyl (C=O) groups excluding carboxylic acids is 1. The van der Waals surface area contributed by atoms with Crippen molar-refractivity contribution < 1.29 is 9.53 Å². The van der Waals surface area contributed by atoms with Gasteiger partial charge in [-0.1, -0.05) is 22.0 Å². The third kappa shape index (κ3) is 4.20. The van der Waals surface area contributed by atoms with Crippen molar-refractivity contribution in [3.63, 3.8) is 0 Å². The molecule has 1 amide bonds. The Morgan fingerprint density at radius 1 is 1.58 bits per heavy atom. The van der Waals surface area contributed by atoms with E-state index in [0.29, 0.717) is 18.8 Å². The van der Waals surface area contributed by atoms with E-state index < -0.39 is 0 Å². The van der Waals surface area contributed by atoms with E-state index in [1.54, 1.807) is 6.20 Å². The first kappa shape index (κ1) is 14.3. The first-order chi connectivity index (χ1) is 9.19. The average molecular weight is 327 g/mol. The maximum atomic E-state index is 11.9. The number of rotatable bonds is 5. The minimum atomic E-state index is 0.0723. The zero-order valence-corrected chi connectivity index (χ0v) is 12.7. The molecule has 1 aromatic heterocycles. The van der Waals surface area contributed by atoms with Gasteiger partial charge in [0.25, 0.3) is 0 Å². The SMILES string of the molecule is Cc1ccc(OC2CCN(C(=O)CCCBr)C2)nc1. The van der Waals surface area contributed by atoms with Crippen molar-refractivity contribution in [1.29, 1.82) is 0 Å². The summed E-state index contributed by atoms with van der Waals surface area (Å²) < 4.78 is 5.80. The van der Waals surface area contributed by atoms with Crippen LogP contribution in [0, 0.1) is 6.92 Å². The van der Waals surface area contributed by atoms with Gasteiger partial charge in [0.15, 0.2) is 0 Å². The highest BCUT2D eigenvalue weighted by Gasteiger charge is 2.27. The van der Waals surface area contributed by atoms with Gasteiger partial charge in [-0.2, -0.15) is 0 Å². The second-order valence-corrected chi connectivity index (χ2v) is 5.63. The number of carbonyl (C=O) groups is 1. The van der Waals surface area contributed by atoms with Crippen molar-refractivity contribution in [2.75, 3.05) is 18.4 Å². The summed E-state index contributed by atoms with van der Waals surface area (Å²) in [6.07, 6.45) is 4.25. The Bertz CT molecular complexity index is 422. The number of hydrogen-bond acceptors (Lipinski definition) is 3. The fraction of sp³-hybridized carbons (Fsp3) is 0.571. The zero-order chi connectivity index (χ0) is 13.7. The summed E-state index contributed by atoms with van der Waals surface area (Å²) in [5.74, 6) is 0.868. The van der Waals surface area contributed by atoms with Gasteiger partial charge < -0.3 is 9.64 Å². The molecular formula is C14H19BrN2O2. The molecule has 0 aliphatic carbocycles. The first-order valence-corrected chi connectivity index (χ1v) is 7.74. The Morgan fingerprint density at radius 2 is 2.42 bits per heavy atom. The largest absolute Gasteiger partial charge is 0.472 e. The van der Waals surface area contributed by atoms with Crippen molar-refractivity contribution >= 4 is 21.8 Å². The Kier molecular flexibility index (Phi) is 5.19. The molecule has 19 heavy (non-hydrogen) atoms. The predicted octanol–water partition coefficient (Wildman–Crippen LogP) is 2.54. The van der Waals surface area contributed by atoms with Crippen LogP contribution in [0.2, 0.25) is 0 Å². The summed E-state index contributed by atoms with van der Waals surface area (Å²) in [5.41, 5.74) is 1.12. The number of ether oxygens (including phenoxy) is 1. The summed E-state index contributed by atoms with van der Waals surface area (Å²) in [5, 5.41) is 0.875. The first-order valence-electron chi connectivity index (χ1n) is 6.62. The lowest BCUT2D eigenvalue weighted by molar-refractivity contribution is -0.130. The van der Waals surface area contributed by atoms with Gasteiger partial charge in [0.2, 0.25) is 11.8 Å². The van der Waals surface area contributed by atoms with E-state index in [0.717, 1.165) is 30.3 Å². The van der Waals surface area contributed by atoms with Crippen LogP contribution < -0.4 is 4.74 Å². The van der Waals surface area contributed by atoms with Crippen LogP contribution >= 0.6 is 15.9 Å². The highest BCUT2D eigenvalue weighted by molar-refractivity contribution is 9.09. The molecule has 1 aromatic rings. The van der Waals surface area contributed by atoms with Gasteiger partial charge >= 0.3 is 0 Å². The fourth-order valence-electron chi connectivity index (χ4n) is 2.12. The van der Waals surface area contributed by atoms with Gasteiger partial charge in [-0.15, -0.1) is 0 Å². The molecule has 2 heterocycles. The lowest BCUT2D eigenvalue weighted by Crippen LogP contribution is -2.30. The second kappa shape index (κ2) is 6.89. The molecular weight excluding hydrogens is 308 g/mol. The highest BCUT2D eigenvalue weighted by atomic mass is 79.9. The summed E-state index contributed by atoms with van der Waals surface area (Å²) in [6, 6.07) is 3.86. The summed E-state index contributed by atoms with van der Waals surface area (Å²) in [6.45, 7) is 3.46. The molecule has 0 saturated carbocycles. The monoisotopic (exact) mass is 326 g/mol. The van der Waals surface area contributed by atoms with Gasteiger partial charge in [-0.3, -0.25) is 4.79 Å². The van der Waals surface area contributed by atoms with Crippen LogP contribution in [0.5, 0.6) is 5.88 Å². The number of likely N-dealkylation sites (tertiary alicyclic amines) is 1. The van der Waals surface area contributed by atoms with E-state index in [-0.39, 0.29) is 12.0 Å². The van der Waals surface area contributed by atoms with Gasteiger partial charge in [0.1, 0.15) is 6.10 Å². The topological polar surface area (TPSA) is 42.4 Å². The Morgan fingerprint density at radius 3 is 3.11 bits per heavy atom. The van der Waals surface area contributed by atoms with Crippen molar-refractivity contribution in [1.82, 2.24) is 9.88 Å². The maximum Gasteiger partial charge on any atom is 0.222 e. The van der Waals surface area contributed by atoms with Gasteiger partial charge in [-0.25, -0.2) is 4.98 Å². The van der Waals surface area contributed by atoms with Crippen LogP contribution in [-0.2, 0) is 4.79 Å². The van der Waals surface area contributed by atoms with E-state index in [1.807, 2.05) is 24.0 Å². The third-order valence-corrected chi connectivity index (χ3v) is 3.75. The predicted molar refractivity (Wildman–Crippen MR) is 77.6 cm³/mol. The molecule has 0 N–H and O–H groups in total. The van der Waals surface area contributed by atoms with E-state index in [1.165, 1.54) is 0 Å². The molecule has 104 valence electrons. The van der Waals surface area contributed by atoms with E-state index in [4.69, 9.17) is 4.74 Å². The molecule has 0 radical (unpaired) electrons. The minimum absolute atomic E-state index is 0.0723. The Balaban J connectivity index is 1.81. The smallest absolute Gasteiger partial charge is 0.222 e. The summed E-state index contributed by atoms with van der Waals surface area (Å²) in [7, 11) is 0. The molecule has 1 aliphatic heterocycles. The molecule has 0 bridgehead atoms. The van der Waals surface area contributed by atoms with Gasteiger partial charge in [0, 0.05) is 37.0 Å². The molecule has 1 unspecified atom stereocenters. The molecule has 0 aromatic carbocycles. The molecule has 4 nitrogen and oxygen atoms in total. The quantitative estimate of drug-likeness (QED) is 0.781. The van der Waals surface area contributed by atoms with E-state index in [9.17, 15) is 4.79 Å². The molecule has 2 rings (SSSR count). The number of aryl methyl sites for hydroxylation is 1. The lowest BCUT2D eigenvalue weighted by Gasteiger charge is -2.16. The molecule has 1 fully saturated rings. The number of nitrogens with zero attached hydrogens (tertiary/aromatic N) is 2. The number of alkyl halides is 1. The minimum Gasteiger partial charge on any atom is -0.472 e. The Labute approximate surface area is 122 Å². The second-order valence-electron chi connectivity index (χ2n) is 4.83. The molecule has 1 atom stereocenters. The molecule has 1 saturated heterocycles. The van der Waals surface area contributed by atoms with Crippen molar-refractivity contribution in [2.45, 2.75) is 32.3 Å². The number of hydrogen-bond donors (Lipinski definition) is 0. The van der Waals surface area contributed by atoms with Crippen molar-refractivity contribution in [2.24, 2.45) is 0 Å². The highest BCUT2D eigenvalue weighted by Crippen LogP contribution is 2.17. The van der Waals surface area contributed by atoms with Crippen molar-refractivity contribution in [3.8, 4) is 5.88 Å². The van der Waals surface area contributed by atoms with Gasteiger partial charge in [0.05, 0.1) is 6.54 Å². The molecule has 5 heteroatoms. The van der Waals surface area contributed by atoms with Crippen LogP contribution in [0.1, 0.15) is 24.8 Å².